The number of piperidine rings is 1. The Morgan fingerprint density at radius 1 is 1.22 bits per heavy atom. The zero-order valence-corrected chi connectivity index (χ0v) is 14.9. The van der Waals surface area contributed by atoms with Crippen molar-refractivity contribution in [1.29, 1.82) is 0 Å². The summed E-state index contributed by atoms with van der Waals surface area (Å²) in [5, 5.41) is 11.5. The van der Waals surface area contributed by atoms with Gasteiger partial charge in [-0.3, -0.25) is 9.59 Å². The lowest BCUT2D eigenvalue weighted by molar-refractivity contribution is 0.0670. The molecule has 1 aliphatic rings. The van der Waals surface area contributed by atoms with Gasteiger partial charge in [-0.1, -0.05) is 18.2 Å². The van der Waals surface area contributed by atoms with Crippen LogP contribution in [0.15, 0.2) is 48.8 Å². The minimum absolute atomic E-state index is 0.0310. The first-order valence-corrected chi connectivity index (χ1v) is 9.12. The number of hydrogen-bond acceptors (Lipinski definition) is 4. The molecule has 2 N–H and O–H groups in total. The first kappa shape index (κ1) is 17.2. The number of fused-ring (bicyclic) bond motifs is 1. The molecular weight excluding hydrogens is 342 g/mol. The van der Waals surface area contributed by atoms with E-state index in [0.29, 0.717) is 24.3 Å². The molecule has 2 amide bonds. The van der Waals surface area contributed by atoms with Crippen LogP contribution >= 0.6 is 0 Å². The quantitative estimate of drug-likeness (QED) is 0.744. The van der Waals surface area contributed by atoms with E-state index in [9.17, 15) is 9.59 Å². The maximum absolute atomic E-state index is 12.6. The van der Waals surface area contributed by atoms with Crippen molar-refractivity contribution in [3.8, 4) is 0 Å². The van der Waals surface area contributed by atoms with Crippen LogP contribution < -0.4 is 5.32 Å². The molecule has 0 aliphatic carbocycles. The summed E-state index contributed by atoms with van der Waals surface area (Å²) in [5.74, 6) is 0.0929. The summed E-state index contributed by atoms with van der Waals surface area (Å²) in [5.41, 5.74) is 2.05. The van der Waals surface area contributed by atoms with Gasteiger partial charge in [-0.25, -0.2) is 0 Å². The van der Waals surface area contributed by atoms with Crippen LogP contribution in [0.4, 0.5) is 0 Å². The fraction of sp³-hybridized carbons (Fsp3) is 0.300. The number of nitrogens with zero attached hydrogens (tertiary/aromatic N) is 3. The van der Waals surface area contributed by atoms with Crippen molar-refractivity contribution < 1.29 is 9.59 Å². The molecule has 4 rings (SSSR count). The molecule has 1 saturated heterocycles. The molecule has 0 saturated carbocycles. The summed E-state index contributed by atoms with van der Waals surface area (Å²) in [6, 6.07) is 11.3. The van der Waals surface area contributed by atoms with E-state index in [1.165, 1.54) is 12.4 Å². The summed E-state index contributed by atoms with van der Waals surface area (Å²) < 4.78 is 0. The van der Waals surface area contributed by atoms with E-state index in [2.05, 4.69) is 20.5 Å². The van der Waals surface area contributed by atoms with Crippen molar-refractivity contribution in [2.24, 2.45) is 5.92 Å². The predicted molar refractivity (Wildman–Crippen MR) is 101 cm³/mol. The Labute approximate surface area is 156 Å². The Morgan fingerprint density at radius 2 is 2.11 bits per heavy atom. The van der Waals surface area contributed by atoms with Gasteiger partial charge in [-0.15, -0.1) is 0 Å². The number of aromatic amines is 1. The molecule has 7 heteroatoms. The average Bonchev–Trinajstić information content (AvgIpc) is 3.17. The number of hydrogen-bond donors (Lipinski definition) is 2. The van der Waals surface area contributed by atoms with Crippen molar-refractivity contribution in [3.63, 3.8) is 0 Å². The van der Waals surface area contributed by atoms with E-state index in [1.807, 2.05) is 35.2 Å². The first-order chi connectivity index (χ1) is 13.2. The Hall–Kier alpha value is -3.22. The van der Waals surface area contributed by atoms with Gasteiger partial charge in [-0.2, -0.15) is 10.2 Å². The number of rotatable bonds is 4. The minimum Gasteiger partial charge on any atom is -0.351 e. The highest BCUT2D eigenvalue weighted by Crippen LogP contribution is 2.19. The smallest absolute Gasteiger partial charge is 0.267 e. The fourth-order valence-corrected chi connectivity index (χ4v) is 3.54. The van der Waals surface area contributed by atoms with Crippen LogP contribution in [0.25, 0.3) is 10.9 Å². The summed E-state index contributed by atoms with van der Waals surface area (Å²) >= 11 is 0. The van der Waals surface area contributed by atoms with Crippen LogP contribution in [0.2, 0.25) is 0 Å². The molecule has 2 aromatic heterocycles. The lowest BCUT2D eigenvalue weighted by Gasteiger charge is -2.32. The van der Waals surface area contributed by atoms with Crippen LogP contribution in [0.1, 0.15) is 33.7 Å². The highest BCUT2D eigenvalue weighted by atomic mass is 16.2. The maximum atomic E-state index is 12.6. The molecule has 7 nitrogen and oxygen atoms in total. The maximum Gasteiger partial charge on any atom is 0.267 e. The molecule has 0 spiro atoms. The van der Waals surface area contributed by atoms with Crippen LogP contribution in [-0.2, 0) is 0 Å². The SMILES string of the molecule is O=C(NCC1CCCN(C(=O)c2ccnnc2)C1)c1cc2ccccc2[nH]1. The van der Waals surface area contributed by atoms with Gasteiger partial charge in [0.05, 0.1) is 18.0 Å². The van der Waals surface area contributed by atoms with Crippen molar-refractivity contribution in [2.45, 2.75) is 12.8 Å². The third kappa shape index (κ3) is 3.81. The average molecular weight is 363 g/mol. The van der Waals surface area contributed by atoms with E-state index in [1.54, 1.807) is 6.07 Å². The van der Waals surface area contributed by atoms with Gasteiger partial charge < -0.3 is 15.2 Å². The summed E-state index contributed by atoms with van der Waals surface area (Å²) in [7, 11) is 0. The number of carbonyl (C=O) groups is 2. The number of nitrogens with one attached hydrogen (secondary N) is 2. The second-order valence-electron chi connectivity index (χ2n) is 6.87. The summed E-state index contributed by atoms with van der Waals surface area (Å²) in [6.07, 6.45) is 4.93. The van der Waals surface area contributed by atoms with Gasteiger partial charge in [0.1, 0.15) is 5.69 Å². The zero-order valence-electron chi connectivity index (χ0n) is 14.9. The van der Waals surface area contributed by atoms with E-state index in [0.717, 1.165) is 30.3 Å². The second kappa shape index (κ2) is 7.57. The summed E-state index contributed by atoms with van der Waals surface area (Å²) in [6.45, 7) is 1.91. The molecule has 0 radical (unpaired) electrons. The normalized spacial score (nSPS) is 17.0. The van der Waals surface area contributed by atoms with E-state index >= 15 is 0 Å². The first-order valence-electron chi connectivity index (χ1n) is 9.12. The number of H-pyrrole nitrogens is 1. The van der Waals surface area contributed by atoms with Gasteiger partial charge in [-0.05, 0) is 37.0 Å². The van der Waals surface area contributed by atoms with Crippen molar-refractivity contribution in [1.82, 2.24) is 25.4 Å². The molecule has 1 aromatic carbocycles. The van der Waals surface area contributed by atoms with Crippen LogP contribution in [0, 0.1) is 5.92 Å². The topological polar surface area (TPSA) is 91.0 Å². The molecule has 1 unspecified atom stereocenters. The highest BCUT2D eigenvalue weighted by Gasteiger charge is 2.25. The van der Waals surface area contributed by atoms with Gasteiger partial charge >= 0.3 is 0 Å². The van der Waals surface area contributed by atoms with E-state index < -0.39 is 0 Å². The Bertz CT molecular complexity index is 920. The van der Waals surface area contributed by atoms with Gasteiger partial charge in [0, 0.05) is 30.5 Å². The number of benzene rings is 1. The molecule has 0 bridgehead atoms. The Balaban J connectivity index is 1.35. The number of carbonyl (C=O) groups excluding carboxylic acids is 2. The fourth-order valence-electron chi connectivity index (χ4n) is 3.54. The number of aromatic nitrogens is 3. The van der Waals surface area contributed by atoms with Crippen molar-refractivity contribution in [3.05, 3.63) is 60.0 Å². The van der Waals surface area contributed by atoms with Gasteiger partial charge in [0.25, 0.3) is 11.8 Å². The van der Waals surface area contributed by atoms with E-state index in [4.69, 9.17) is 0 Å². The molecule has 3 aromatic rings. The van der Waals surface area contributed by atoms with Crippen LogP contribution in [0.3, 0.4) is 0 Å². The predicted octanol–water partition coefficient (Wildman–Crippen LogP) is 2.24. The standard InChI is InChI=1S/C20H21N5O2/c26-19(18-10-15-5-1-2-6-17(15)24-18)21-11-14-4-3-9-25(13-14)20(27)16-7-8-22-23-12-16/h1-2,5-8,10,12,14,24H,3-4,9,11,13H2,(H,21,26). The lowest BCUT2D eigenvalue weighted by atomic mass is 9.97. The van der Waals surface area contributed by atoms with Gasteiger partial charge in [0.2, 0.25) is 0 Å². The molecule has 1 fully saturated rings. The third-order valence-corrected chi connectivity index (χ3v) is 4.96. The van der Waals surface area contributed by atoms with Crippen molar-refractivity contribution >= 4 is 22.7 Å². The van der Waals surface area contributed by atoms with Crippen LogP contribution in [0.5, 0.6) is 0 Å². The highest BCUT2D eigenvalue weighted by molar-refractivity contribution is 5.98. The monoisotopic (exact) mass is 363 g/mol. The summed E-state index contributed by atoms with van der Waals surface area (Å²) in [4.78, 5) is 30.0. The Morgan fingerprint density at radius 3 is 2.93 bits per heavy atom. The molecule has 1 atom stereocenters. The molecule has 27 heavy (non-hydrogen) atoms. The number of amides is 2. The number of para-hydroxylation sites is 1. The van der Waals surface area contributed by atoms with Crippen molar-refractivity contribution in [2.75, 3.05) is 19.6 Å². The molecule has 1 aliphatic heterocycles. The molecule has 3 heterocycles. The van der Waals surface area contributed by atoms with Gasteiger partial charge in [0.15, 0.2) is 0 Å². The second-order valence-corrected chi connectivity index (χ2v) is 6.87. The lowest BCUT2D eigenvalue weighted by Crippen LogP contribution is -2.43. The zero-order chi connectivity index (χ0) is 18.6. The van der Waals surface area contributed by atoms with E-state index in [-0.39, 0.29) is 17.7 Å². The largest absolute Gasteiger partial charge is 0.351 e. The minimum atomic E-state index is -0.118. The third-order valence-electron chi connectivity index (χ3n) is 4.96. The molecular formula is C20H21N5O2. The molecule has 138 valence electrons. The van der Waals surface area contributed by atoms with Crippen LogP contribution in [-0.4, -0.2) is 51.5 Å². The number of likely N-dealkylation sites (tertiary alicyclic amines) is 1. The Kier molecular flexibility index (Phi) is 4.82.